The molecule has 0 unspecified atom stereocenters. The second-order valence-electron chi connectivity index (χ2n) is 23.4. The number of hydrogen-bond donors (Lipinski definition) is 0. The molecule has 8 aromatic carbocycles. The summed E-state index contributed by atoms with van der Waals surface area (Å²) >= 11 is 0. The summed E-state index contributed by atoms with van der Waals surface area (Å²) in [4.78, 5) is 2.74. The SMILES string of the molecule is Cc1cc2c(cc1N1B3c4c(cc(-c5ccccc5)cc4-n4c5cc6ccccc6cc5c5cccc3c54)-c3c1ccc1c3oc3cc4c(cc31)C(C)(C)CCC4(C)C)C(C)(C)CCC2(C)C. The molecule has 0 bridgehead atoms. The van der Waals surface area contributed by atoms with E-state index in [0.717, 1.165) is 24.0 Å². The van der Waals surface area contributed by atoms with Gasteiger partial charge < -0.3 is 13.8 Å². The van der Waals surface area contributed by atoms with Gasteiger partial charge in [-0.15, -0.1) is 0 Å². The van der Waals surface area contributed by atoms with Crippen molar-refractivity contribution in [3.63, 3.8) is 0 Å². The third-order valence-corrected chi connectivity index (χ3v) is 17.6. The van der Waals surface area contributed by atoms with Crippen LogP contribution in [-0.2, 0) is 21.7 Å². The second kappa shape index (κ2) is 12.9. The van der Waals surface area contributed by atoms with Crippen LogP contribution in [0.1, 0.15) is 109 Å². The Morgan fingerprint density at radius 2 is 1.13 bits per heavy atom. The molecule has 4 heteroatoms. The number of rotatable bonds is 2. The van der Waals surface area contributed by atoms with Crippen LogP contribution < -0.4 is 15.7 Å². The van der Waals surface area contributed by atoms with Gasteiger partial charge in [-0.1, -0.05) is 134 Å². The molecule has 0 radical (unpaired) electrons. The molecule has 0 N–H and O–H groups in total. The first-order valence-electron chi connectivity index (χ1n) is 24.8. The van der Waals surface area contributed by atoms with Crippen LogP contribution in [0, 0.1) is 6.92 Å². The van der Waals surface area contributed by atoms with Crippen molar-refractivity contribution in [2.75, 3.05) is 4.81 Å². The fourth-order valence-electron chi connectivity index (χ4n) is 13.5. The smallest absolute Gasteiger partial charge is 0.333 e. The molecule has 4 heterocycles. The van der Waals surface area contributed by atoms with Gasteiger partial charge in [0.25, 0.3) is 0 Å². The van der Waals surface area contributed by atoms with E-state index in [1.165, 1.54) is 134 Å². The highest BCUT2D eigenvalue weighted by Gasteiger charge is 2.47. The van der Waals surface area contributed by atoms with Crippen molar-refractivity contribution in [1.29, 1.82) is 0 Å². The van der Waals surface area contributed by atoms with Crippen LogP contribution in [0.25, 0.3) is 82.5 Å². The minimum Gasteiger partial charge on any atom is -0.455 e. The number of nitrogens with zero attached hydrogens (tertiary/aromatic N) is 2. The van der Waals surface area contributed by atoms with E-state index in [0.29, 0.717) is 0 Å². The maximum Gasteiger partial charge on any atom is 0.333 e. The summed E-state index contributed by atoms with van der Waals surface area (Å²) in [6.45, 7) is 21.8. The van der Waals surface area contributed by atoms with Crippen molar-refractivity contribution in [2.45, 2.75) is 110 Å². The van der Waals surface area contributed by atoms with Gasteiger partial charge >= 0.3 is 6.85 Å². The lowest BCUT2D eigenvalue weighted by atomic mass is 9.43. The van der Waals surface area contributed by atoms with E-state index in [4.69, 9.17) is 4.42 Å². The fourth-order valence-corrected chi connectivity index (χ4v) is 13.5. The lowest BCUT2D eigenvalue weighted by Gasteiger charge is -2.45. The van der Waals surface area contributed by atoms with Crippen LogP contribution in [0.5, 0.6) is 0 Å². The molecule has 4 aliphatic rings. The number of fused-ring (bicyclic) bond motifs is 14. The number of hydrogen-bond acceptors (Lipinski definition) is 2. The molecule has 0 saturated heterocycles. The Morgan fingerprint density at radius 1 is 0.493 bits per heavy atom. The third-order valence-electron chi connectivity index (χ3n) is 17.6. The zero-order valence-corrected chi connectivity index (χ0v) is 40.4. The van der Waals surface area contributed by atoms with Crippen molar-refractivity contribution in [2.24, 2.45) is 0 Å². The normalized spacial score (nSPS) is 18.1. The predicted octanol–water partition coefficient (Wildman–Crippen LogP) is 15.7. The molecule has 10 aromatic rings. The maximum atomic E-state index is 7.47. The van der Waals surface area contributed by atoms with Crippen LogP contribution in [-0.4, -0.2) is 11.4 Å². The predicted molar refractivity (Wildman–Crippen MR) is 285 cm³/mol. The van der Waals surface area contributed by atoms with E-state index in [2.05, 4.69) is 205 Å². The molecule has 0 saturated carbocycles. The Labute approximate surface area is 394 Å². The number of para-hydroxylation sites is 1. The van der Waals surface area contributed by atoms with E-state index in [-0.39, 0.29) is 28.5 Å². The Balaban J connectivity index is 1.16. The zero-order valence-electron chi connectivity index (χ0n) is 40.4. The summed E-state index contributed by atoms with van der Waals surface area (Å²) in [5.74, 6) is 0. The summed E-state index contributed by atoms with van der Waals surface area (Å²) in [7, 11) is 0. The Kier molecular flexibility index (Phi) is 7.64. The van der Waals surface area contributed by atoms with E-state index in [9.17, 15) is 0 Å². The van der Waals surface area contributed by atoms with Crippen LogP contribution in [0.4, 0.5) is 11.4 Å². The largest absolute Gasteiger partial charge is 0.455 e. The summed E-state index contributed by atoms with van der Waals surface area (Å²) in [5.41, 5.74) is 23.3. The molecule has 3 nitrogen and oxygen atoms in total. The highest BCUT2D eigenvalue weighted by molar-refractivity contribution is 6.93. The number of furan rings is 1. The molecule has 2 aliphatic carbocycles. The third kappa shape index (κ3) is 5.25. The Morgan fingerprint density at radius 3 is 1.85 bits per heavy atom. The van der Waals surface area contributed by atoms with Crippen LogP contribution >= 0.6 is 0 Å². The molecule has 67 heavy (non-hydrogen) atoms. The molecule has 0 spiro atoms. The zero-order chi connectivity index (χ0) is 45.7. The van der Waals surface area contributed by atoms with Crippen LogP contribution in [0.3, 0.4) is 0 Å². The quantitative estimate of drug-likeness (QED) is 0.161. The average Bonchev–Trinajstić information content (AvgIpc) is 3.85. The standard InChI is InChI=1S/C63H57BN2O/c1-36-28-46-48(62(6,7)26-24-60(46,2)3)34-52(36)66-51-23-22-42-44-33-47-49(63(8,9)27-25-61(47,4)5)35-55(44)67-59(42)56(51)45-30-40(37-16-11-10-12-17-37)32-54-57(45)64(66)50-21-15-20-41-43-29-38-18-13-14-19-39(38)31-53(43)65(54)58(41)50/h10-23,28-35H,24-27H2,1-9H3. The van der Waals surface area contributed by atoms with Crippen molar-refractivity contribution < 1.29 is 4.42 Å². The molecule has 0 fully saturated rings. The first-order chi connectivity index (χ1) is 32.1. The number of anilines is 2. The van der Waals surface area contributed by atoms with E-state index >= 15 is 0 Å². The maximum absolute atomic E-state index is 7.47. The topological polar surface area (TPSA) is 21.3 Å². The second-order valence-corrected chi connectivity index (χ2v) is 23.4. The summed E-state index contributed by atoms with van der Waals surface area (Å²) < 4.78 is 10.1. The number of benzene rings is 8. The van der Waals surface area contributed by atoms with Crippen molar-refractivity contribution in [1.82, 2.24) is 4.57 Å². The molecule has 2 aromatic heterocycles. The molecule has 14 rings (SSSR count). The van der Waals surface area contributed by atoms with E-state index < -0.39 is 0 Å². The van der Waals surface area contributed by atoms with Crippen LogP contribution in [0.2, 0.25) is 0 Å². The number of aryl methyl sites for hydroxylation is 1. The van der Waals surface area contributed by atoms with Gasteiger partial charge in [-0.2, -0.15) is 0 Å². The van der Waals surface area contributed by atoms with Gasteiger partial charge in [-0.05, 0) is 175 Å². The molecular formula is C63H57BN2O. The Bertz CT molecular complexity index is 3840. The monoisotopic (exact) mass is 868 g/mol. The summed E-state index contributed by atoms with van der Waals surface area (Å²) in [6, 6.07) is 51.7. The van der Waals surface area contributed by atoms with Crippen molar-refractivity contribution >= 4 is 83.7 Å². The lowest BCUT2D eigenvalue weighted by Crippen LogP contribution is -2.60. The van der Waals surface area contributed by atoms with Gasteiger partial charge in [0.1, 0.15) is 11.2 Å². The highest BCUT2D eigenvalue weighted by atomic mass is 16.3. The molecule has 328 valence electrons. The van der Waals surface area contributed by atoms with E-state index in [1.54, 1.807) is 0 Å². The fraction of sp³-hybridized carbons (Fsp3) is 0.270. The summed E-state index contributed by atoms with van der Waals surface area (Å²) in [6.07, 6.45) is 4.68. The van der Waals surface area contributed by atoms with Gasteiger partial charge in [0.05, 0.1) is 11.0 Å². The molecule has 0 atom stereocenters. The Hall–Kier alpha value is -6.52. The number of aromatic nitrogens is 1. The van der Waals surface area contributed by atoms with Gasteiger partial charge in [-0.25, -0.2) is 0 Å². The highest BCUT2D eigenvalue weighted by Crippen LogP contribution is 2.54. The van der Waals surface area contributed by atoms with Crippen molar-refractivity contribution in [3.05, 3.63) is 161 Å². The average molecular weight is 869 g/mol. The molecule has 2 aliphatic heterocycles. The van der Waals surface area contributed by atoms with Gasteiger partial charge in [0.2, 0.25) is 0 Å². The van der Waals surface area contributed by atoms with Crippen molar-refractivity contribution in [3.8, 4) is 27.9 Å². The van der Waals surface area contributed by atoms with Gasteiger partial charge in [-0.3, -0.25) is 0 Å². The van der Waals surface area contributed by atoms with Gasteiger partial charge in [0, 0.05) is 44.2 Å². The molecular weight excluding hydrogens is 812 g/mol. The summed E-state index contributed by atoms with van der Waals surface area (Å²) in [5, 5.41) is 7.52. The lowest BCUT2D eigenvalue weighted by molar-refractivity contribution is 0.332. The van der Waals surface area contributed by atoms with Crippen LogP contribution in [0.15, 0.2) is 138 Å². The minimum absolute atomic E-state index is 0.0456. The molecule has 0 amide bonds. The first kappa shape index (κ1) is 39.6. The first-order valence-corrected chi connectivity index (χ1v) is 24.8. The van der Waals surface area contributed by atoms with E-state index in [1.807, 2.05) is 0 Å². The minimum atomic E-state index is -0.0931. The van der Waals surface area contributed by atoms with Gasteiger partial charge in [0.15, 0.2) is 0 Å².